The largest absolute Gasteiger partial charge is 0.482 e. The number of hydrogen-bond donors (Lipinski definition) is 0. The number of ether oxygens (including phenoxy) is 1. The number of rotatable bonds is 4. The van der Waals surface area contributed by atoms with Gasteiger partial charge in [0, 0.05) is 17.0 Å². The van der Waals surface area contributed by atoms with Crippen molar-refractivity contribution in [3.63, 3.8) is 0 Å². The van der Waals surface area contributed by atoms with Crippen molar-refractivity contribution >= 4 is 46.1 Å². The molecule has 2 aromatic heterocycles. The lowest BCUT2D eigenvalue weighted by Gasteiger charge is -2.06. The highest BCUT2D eigenvalue weighted by atomic mass is 35.5. The molecule has 0 bridgehead atoms. The number of thiophene rings is 1. The van der Waals surface area contributed by atoms with Crippen LogP contribution in [0.25, 0.3) is 11.4 Å². The summed E-state index contributed by atoms with van der Waals surface area (Å²) in [6.45, 7) is 0.0921. The van der Waals surface area contributed by atoms with Crippen LogP contribution in [0.5, 0.6) is 5.75 Å². The Morgan fingerprint density at radius 2 is 1.95 bits per heavy atom. The van der Waals surface area contributed by atoms with Gasteiger partial charge in [-0.05, 0) is 17.5 Å². The van der Waals surface area contributed by atoms with E-state index in [4.69, 9.17) is 44.1 Å². The number of hydrogen-bond acceptors (Lipinski definition) is 5. The van der Waals surface area contributed by atoms with Gasteiger partial charge in [-0.1, -0.05) is 40.0 Å². The van der Waals surface area contributed by atoms with Crippen LogP contribution in [0.2, 0.25) is 15.1 Å². The zero-order valence-corrected chi connectivity index (χ0v) is 13.4. The van der Waals surface area contributed by atoms with E-state index in [2.05, 4.69) is 10.1 Å². The van der Waals surface area contributed by atoms with Crippen molar-refractivity contribution in [2.75, 3.05) is 0 Å². The van der Waals surface area contributed by atoms with E-state index >= 15 is 0 Å². The summed E-state index contributed by atoms with van der Waals surface area (Å²) in [5, 5.41) is 8.85. The first kappa shape index (κ1) is 14.7. The highest BCUT2D eigenvalue weighted by Crippen LogP contribution is 2.34. The quantitative estimate of drug-likeness (QED) is 0.589. The molecule has 0 aliphatic heterocycles. The SMILES string of the molecule is Clc1cc(Cl)c(OCc2nc(-c3ccsc3)no2)cc1Cl. The van der Waals surface area contributed by atoms with Crippen LogP contribution in [0.3, 0.4) is 0 Å². The van der Waals surface area contributed by atoms with Crippen molar-refractivity contribution in [3.05, 3.63) is 49.9 Å². The first-order valence-corrected chi connectivity index (χ1v) is 7.83. The van der Waals surface area contributed by atoms with Gasteiger partial charge in [0.1, 0.15) is 5.75 Å². The van der Waals surface area contributed by atoms with Gasteiger partial charge in [-0.2, -0.15) is 16.3 Å². The fraction of sp³-hybridized carbons (Fsp3) is 0.0769. The van der Waals surface area contributed by atoms with Crippen molar-refractivity contribution in [2.24, 2.45) is 0 Å². The van der Waals surface area contributed by atoms with Gasteiger partial charge < -0.3 is 9.26 Å². The molecule has 0 amide bonds. The summed E-state index contributed by atoms with van der Waals surface area (Å²) in [5.41, 5.74) is 0.905. The Balaban J connectivity index is 1.72. The predicted octanol–water partition coefficient (Wildman–Crippen LogP) is 5.34. The summed E-state index contributed by atoms with van der Waals surface area (Å²) >= 11 is 19.4. The fourth-order valence-electron chi connectivity index (χ4n) is 1.58. The van der Waals surface area contributed by atoms with Crippen molar-refractivity contribution in [1.29, 1.82) is 0 Å². The van der Waals surface area contributed by atoms with Gasteiger partial charge in [0.15, 0.2) is 6.61 Å². The van der Waals surface area contributed by atoms with E-state index in [1.165, 1.54) is 6.07 Å². The average molecular weight is 362 g/mol. The van der Waals surface area contributed by atoms with E-state index in [9.17, 15) is 0 Å². The third-order valence-corrected chi connectivity index (χ3v) is 4.27. The molecule has 21 heavy (non-hydrogen) atoms. The Hall–Kier alpha value is -1.27. The molecule has 0 radical (unpaired) electrons. The average Bonchev–Trinajstić information content (AvgIpc) is 3.11. The summed E-state index contributed by atoms with van der Waals surface area (Å²) in [6, 6.07) is 4.98. The van der Waals surface area contributed by atoms with E-state index < -0.39 is 0 Å². The lowest BCUT2D eigenvalue weighted by molar-refractivity contribution is 0.243. The summed E-state index contributed by atoms with van der Waals surface area (Å²) in [5.74, 6) is 1.27. The van der Waals surface area contributed by atoms with E-state index in [-0.39, 0.29) is 6.61 Å². The molecule has 8 heteroatoms. The maximum atomic E-state index is 6.02. The molecule has 0 aliphatic carbocycles. The molecule has 0 unspecified atom stereocenters. The molecule has 0 aliphatic rings. The smallest absolute Gasteiger partial charge is 0.264 e. The van der Waals surface area contributed by atoms with Crippen LogP contribution in [0.1, 0.15) is 5.89 Å². The zero-order chi connectivity index (χ0) is 14.8. The molecule has 4 nitrogen and oxygen atoms in total. The third-order valence-electron chi connectivity index (χ3n) is 2.57. The second kappa shape index (κ2) is 6.23. The maximum absolute atomic E-state index is 6.02. The van der Waals surface area contributed by atoms with Gasteiger partial charge in [-0.25, -0.2) is 0 Å². The fourth-order valence-corrected chi connectivity index (χ4v) is 2.80. The first-order valence-electron chi connectivity index (χ1n) is 5.76. The van der Waals surface area contributed by atoms with Crippen LogP contribution in [0, 0.1) is 0 Å². The van der Waals surface area contributed by atoms with E-state index in [1.54, 1.807) is 17.4 Å². The lowest BCUT2D eigenvalue weighted by Crippen LogP contribution is -1.96. The number of halogens is 3. The highest BCUT2D eigenvalue weighted by molar-refractivity contribution is 7.08. The topological polar surface area (TPSA) is 48.2 Å². The number of aromatic nitrogens is 2. The molecule has 0 fully saturated rings. The minimum absolute atomic E-state index is 0.0921. The normalized spacial score (nSPS) is 10.8. The van der Waals surface area contributed by atoms with Crippen LogP contribution in [-0.2, 0) is 6.61 Å². The van der Waals surface area contributed by atoms with Gasteiger partial charge in [0.25, 0.3) is 5.89 Å². The molecule has 0 spiro atoms. The van der Waals surface area contributed by atoms with Gasteiger partial charge in [0.05, 0.1) is 15.1 Å². The van der Waals surface area contributed by atoms with Crippen LogP contribution >= 0.6 is 46.1 Å². The molecule has 3 rings (SSSR count). The van der Waals surface area contributed by atoms with Crippen molar-refractivity contribution in [3.8, 4) is 17.1 Å². The zero-order valence-electron chi connectivity index (χ0n) is 10.3. The lowest BCUT2D eigenvalue weighted by atomic mass is 10.3. The highest BCUT2D eigenvalue weighted by Gasteiger charge is 2.12. The molecule has 0 N–H and O–H groups in total. The molecule has 0 saturated carbocycles. The Labute approximate surface area is 139 Å². The van der Waals surface area contributed by atoms with Crippen LogP contribution in [0.4, 0.5) is 0 Å². The molecule has 2 heterocycles. The summed E-state index contributed by atoms with van der Waals surface area (Å²) in [7, 11) is 0. The van der Waals surface area contributed by atoms with Crippen LogP contribution in [-0.4, -0.2) is 10.1 Å². The van der Waals surface area contributed by atoms with Crippen molar-refractivity contribution in [1.82, 2.24) is 10.1 Å². The van der Waals surface area contributed by atoms with Crippen molar-refractivity contribution in [2.45, 2.75) is 6.61 Å². The molecule has 108 valence electrons. The number of nitrogens with zero attached hydrogens (tertiary/aromatic N) is 2. The van der Waals surface area contributed by atoms with Gasteiger partial charge >= 0.3 is 0 Å². The van der Waals surface area contributed by atoms with Gasteiger partial charge in [-0.3, -0.25) is 0 Å². The summed E-state index contributed by atoms with van der Waals surface area (Å²) < 4.78 is 10.6. The Bertz CT molecular complexity index is 759. The predicted molar refractivity (Wildman–Crippen MR) is 83.4 cm³/mol. The molecule has 1 aromatic carbocycles. The van der Waals surface area contributed by atoms with Gasteiger partial charge in [-0.15, -0.1) is 0 Å². The summed E-state index contributed by atoms with van der Waals surface area (Å²) in [6.07, 6.45) is 0. The number of benzene rings is 1. The molecular weight excluding hydrogens is 355 g/mol. The van der Waals surface area contributed by atoms with E-state index in [0.29, 0.717) is 32.5 Å². The minimum atomic E-state index is 0.0921. The monoisotopic (exact) mass is 360 g/mol. The Morgan fingerprint density at radius 3 is 2.71 bits per heavy atom. The standard InChI is InChI=1S/C13H7Cl3N2O2S/c14-8-3-10(16)11(4-9(8)15)19-5-12-17-13(18-20-12)7-1-2-21-6-7/h1-4,6H,5H2. The van der Waals surface area contributed by atoms with E-state index in [0.717, 1.165) is 5.56 Å². The minimum Gasteiger partial charge on any atom is -0.482 e. The second-order valence-electron chi connectivity index (χ2n) is 4.01. The molecule has 0 atom stereocenters. The summed E-state index contributed by atoms with van der Waals surface area (Å²) in [4.78, 5) is 4.24. The molecular formula is C13H7Cl3N2O2S. The third kappa shape index (κ3) is 3.32. The van der Waals surface area contributed by atoms with Gasteiger partial charge in [0.2, 0.25) is 5.82 Å². The molecule has 3 aromatic rings. The first-order chi connectivity index (χ1) is 10.1. The Morgan fingerprint density at radius 1 is 1.14 bits per heavy atom. The van der Waals surface area contributed by atoms with Crippen LogP contribution in [0.15, 0.2) is 33.5 Å². The second-order valence-corrected chi connectivity index (χ2v) is 6.01. The molecule has 0 saturated heterocycles. The maximum Gasteiger partial charge on any atom is 0.264 e. The Kier molecular flexibility index (Phi) is 4.35. The van der Waals surface area contributed by atoms with Crippen molar-refractivity contribution < 1.29 is 9.26 Å². The van der Waals surface area contributed by atoms with Crippen LogP contribution < -0.4 is 4.74 Å². The van der Waals surface area contributed by atoms with E-state index in [1.807, 2.05) is 16.8 Å².